The highest BCUT2D eigenvalue weighted by Gasteiger charge is 2.23. The van der Waals surface area contributed by atoms with Crippen LogP contribution in [0.1, 0.15) is 33.8 Å². The maximum absolute atomic E-state index is 13.7. The Bertz CT molecular complexity index is 1080. The molecule has 1 aromatic heterocycles. The van der Waals surface area contributed by atoms with E-state index in [0.29, 0.717) is 24.4 Å². The van der Waals surface area contributed by atoms with Crippen molar-refractivity contribution in [3.8, 4) is 16.9 Å². The number of pyridine rings is 1. The van der Waals surface area contributed by atoms with E-state index < -0.39 is 5.97 Å². The Hall–Kier alpha value is -3.41. The van der Waals surface area contributed by atoms with E-state index in [1.807, 2.05) is 25.1 Å². The molecule has 2 aromatic carbocycles. The molecule has 5 nitrogen and oxygen atoms in total. The Morgan fingerprint density at radius 1 is 1.27 bits per heavy atom. The van der Waals surface area contributed by atoms with Gasteiger partial charge in [-0.1, -0.05) is 18.2 Å². The molecule has 0 spiro atoms. The largest absolute Gasteiger partial charge is 0.493 e. The number of methoxy groups -OCH3 is 1. The van der Waals surface area contributed by atoms with Crippen LogP contribution in [-0.2, 0) is 4.74 Å². The number of halogens is 1. The summed E-state index contributed by atoms with van der Waals surface area (Å²) in [7, 11) is 1.36. The molecule has 154 valence electrons. The summed E-state index contributed by atoms with van der Waals surface area (Å²) in [5, 5.41) is 3.33. The van der Waals surface area contributed by atoms with Crippen LogP contribution < -0.4 is 10.1 Å². The summed E-state index contributed by atoms with van der Waals surface area (Å²) in [6.07, 6.45) is 4.05. The van der Waals surface area contributed by atoms with Crippen LogP contribution in [0.15, 0.2) is 54.9 Å². The van der Waals surface area contributed by atoms with Gasteiger partial charge in [-0.3, -0.25) is 4.98 Å². The van der Waals surface area contributed by atoms with Crippen LogP contribution >= 0.6 is 0 Å². The standard InChI is InChI=1S/C24H23FN2O3/c1-15-3-5-18(25)12-21(15)16-4-6-19-17(8-10-30-23(19)11-16)13-27-22-14-26-9-7-20(22)24(28)29-2/h3-7,9,11-12,14,17,27H,8,10,13H2,1-2H3/t17-/m0/s1. The molecule has 1 N–H and O–H groups in total. The van der Waals surface area contributed by atoms with Crippen molar-refractivity contribution in [1.82, 2.24) is 4.98 Å². The quantitative estimate of drug-likeness (QED) is 0.607. The second-order valence-corrected chi connectivity index (χ2v) is 7.34. The van der Waals surface area contributed by atoms with E-state index in [4.69, 9.17) is 9.47 Å². The number of rotatable bonds is 5. The van der Waals surface area contributed by atoms with Gasteiger partial charge in [-0.05, 0) is 59.9 Å². The van der Waals surface area contributed by atoms with Gasteiger partial charge in [-0.2, -0.15) is 0 Å². The van der Waals surface area contributed by atoms with Crippen molar-refractivity contribution in [2.75, 3.05) is 25.6 Å². The van der Waals surface area contributed by atoms with Gasteiger partial charge in [-0.25, -0.2) is 9.18 Å². The van der Waals surface area contributed by atoms with Gasteiger partial charge >= 0.3 is 5.97 Å². The molecule has 30 heavy (non-hydrogen) atoms. The van der Waals surface area contributed by atoms with Crippen LogP contribution in [0.4, 0.5) is 10.1 Å². The van der Waals surface area contributed by atoms with Crippen LogP contribution in [0, 0.1) is 12.7 Å². The lowest BCUT2D eigenvalue weighted by molar-refractivity contribution is 0.0601. The summed E-state index contributed by atoms with van der Waals surface area (Å²) in [6, 6.07) is 12.5. The molecule has 4 rings (SSSR count). The van der Waals surface area contributed by atoms with Crippen molar-refractivity contribution in [2.45, 2.75) is 19.3 Å². The maximum atomic E-state index is 13.7. The average molecular weight is 406 g/mol. The Kier molecular flexibility index (Phi) is 5.65. The summed E-state index contributed by atoms with van der Waals surface area (Å²) in [6.45, 7) is 3.20. The number of carbonyl (C=O) groups is 1. The van der Waals surface area contributed by atoms with Crippen LogP contribution in [0.2, 0.25) is 0 Å². The Balaban J connectivity index is 1.57. The summed E-state index contributed by atoms with van der Waals surface area (Å²) < 4.78 is 24.5. The fraction of sp³-hybridized carbons (Fsp3) is 0.250. The number of nitrogens with one attached hydrogen (secondary N) is 1. The number of esters is 1. The van der Waals surface area contributed by atoms with Crippen LogP contribution in [0.25, 0.3) is 11.1 Å². The summed E-state index contributed by atoms with van der Waals surface area (Å²) in [4.78, 5) is 16.1. The maximum Gasteiger partial charge on any atom is 0.340 e. The molecule has 0 radical (unpaired) electrons. The van der Waals surface area contributed by atoms with Gasteiger partial charge in [0.15, 0.2) is 0 Å². The third-order valence-corrected chi connectivity index (χ3v) is 5.45. The van der Waals surface area contributed by atoms with E-state index in [-0.39, 0.29) is 11.7 Å². The minimum Gasteiger partial charge on any atom is -0.493 e. The molecule has 0 amide bonds. The molecular weight excluding hydrogens is 383 g/mol. The van der Waals surface area contributed by atoms with Gasteiger partial charge in [0.2, 0.25) is 0 Å². The van der Waals surface area contributed by atoms with E-state index in [9.17, 15) is 9.18 Å². The van der Waals surface area contributed by atoms with Crippen molar-refractivity contribution in [1.29, 1.82) is 0 Å². The van der Waals surface area contributed by atoms with Crippen molar-refractivity contribution in [2.24, 2.45) is 0 Å². The minimum absolute atomic E-state index is 0.210. The highest BCUT2D eigenvalue weighted by molar-refractivity contribution is 5.95. The second kappa shape index (κ2) is 8.53. The first kappa shape index (κ1) is 19.9. The van der Waals surface area contributed by atoms with E-state index in [2.05, 4.69) is 10.3 Å². The molecule has 0 saturated heterocycles. The number of nitrogens with zero attached hydrogens (tertiary/aromatic N) is 1. The fourth-order valence-electron chi connectivity index (χ4n) is 3.80. The third kappa shape index (κ3) is 3.99. The highest BCUT2D eigenvalue weighted by Crippen LogP contribution is 2.37. The molecule has 0 fully saturated rings. The molecule has 0 unspecified atom stereocenters. The Labute approximate surface area is 174 Å². The molecule has 0 saturated carbocycles. The zero-order chi connectivity index (χ0) is 21.1. The normalized spacial score (nSPS) is 15.1. The van der Waals surface area contributed by atoms with E-state index in [0.717, 1.165) is 34.4 Å². The average Bonchev–Trinajstić information content (AvgIpc) is 2.78. The molecular formula is C24H23FN2O3. The van der Waals surface area contributed by atoms with E-state index in [1.165, 1.54) is 13.2 Å². The van der Waals surface area contributed by atoms with E-state index in [1.54, 1.807) is 30.6 Å². The number of ether oxygens (including phenoxy) is 2. The Morgan fingerprint density at radius 3 is 2.97 bits per heavy atom. The van der Waals surface area contributed by atoms with Crippen LogP contribution in [-0.4, -0.2) is 31.2 Å². The van der Waals surface area contributed by atoms with E-state index >= 15 is 0 Å². The topological polar surface area (TPSA) is 60.5 Å². The highest BCUT2D eigenvalue weighted by atomic mass is 19.1. The third-order valence-electron chi connectivity index (χ3n) is 5.45. The second-order valence-electron chi connectivity index (χ2n) is 7.34. The van der Waals surface area contributed by atoms with Gasteiger partial charge in [0.05, 0.1) is 31.2 Å². The summed E-state index contributed by atoms with van der Waals surface area (Å²) >= 11 is 0. The number of fused-ring (bicyclic) bond motifs is 1. The molecule has 0 bridgehead atoms. The van der Waals surface area contributed by atoms with Crippen molar-refractivity contribution < 1.29 is 18.7 Å². The molecule has 0 aliphatic carbocycles. The first-order valence-electron chi connectivity index (χ1n) is 9.86. The number of aromatic nitrogens is 1. The predicted octanol–water partition coefficient (Wildman–Crippen LogP) is 4.96. The van der Waals surface area contributed by atoms with Gasteiger partial charge in [0.1, 0.15) is 11.6 Å². The molecule has 1 atom stereocenters. The zero-order valence-electron chi connectivity index (χ0n) is 16.9. The number of anilines is 1. The predicted molar refractivity (Wildman–Crippen MR) is 113 cm³/mol. The van der Waals surface area contributed by atoms with Crippen LogP contribution in [0.3, 0.4) is 0 Å². The molecule has 1 aliphatic heterocycles. The first-order valence-corrected chi connectivity index (χ1v) is 9.86. The minimum atomic E-state index is -0.401. The monoisotopic (exact) mass is 406 g/mol. The van der Waals surface area contributed by atoms with Gasteiger partial charge in [0.25, 0.3) is 0 Å². The van der Waals surface area contributed by atoms with Gasteiger partial charge in [0, 0.05) is 18.7 Å². The smallest absolute Gasteiger partial charge is 0.340 e. The number of aryl methyl sites for hydroxylation is 1. The first-order chi connectivity index (χ1) is 14.6. The Morgan fingerprint density at radius 2 is 2.13 bits per heavy atom. The molecule has 6 heteroatoms. The number of hydrogen-bond acceptors (Lipinski definition) is 5. The fourth-order valence-corrected chi connectivity index (χ4v) is 3.80. The molecule has 2 heterocycles. The lowest BCUT2D eigenvalue weighted by Gasteiger charge is -2.27. The number of benzene rings is 2. The SMILES string of the molecule is COC(=O)c1ccncc1NC[C@@H]1CCOc2cc(-c3cc(F)ccc3C)ccc21. The van der Waals surface area contributed by atoms with Crippen molar-refractivity contribution in [3.05, 3.63) is 77.4 Å². The van der Waals surface area contributed by atoms with Crippen molar-refractivity contribution in [3.63, 3.8) is 0 Å². The van der Waals surface area contributed by atoms with Gasteiger partial charge < -0.3 is 14.8 Å². The number of hydrogen-bond donors (Lipinski definition) is 1. The lowest BCUT2D eigenvalue weighted by Crippen LogP contribution is -2.21. The zero-order valence-corrected chi connectivity index (χ0v) is 16.9. The van der Waals surface area contributed by atoms with Crippen LogP contribution in [0.5, 0.6) is 5.75 Å². The lowest BCUT2D eigenvalue weighted by atomic mass is 9.90. The number of carbonyl (C=O) groups excluding carboxylic acids is 1. The van der Waals surface area contributed by atoms with Gasteiger partial charge in [-0.15, -0.1) is 0 Å². The molecule has 3 aromatic rings. The summed E-state index contributed by atoms with van der Waals surface area (Å²) in [5.74, 6) is 0.368. The molecule has 1 aliphatic rings. The van der Waals surface area contributed by atoms with Crippen molar-refractivity contribution >= 4 is 11.7 Å². The summed E-state index contributed by atoms with van der Waals surface area (Å²) in [5.41, 5.74) is 4.99.